The smallest absolute Gasteiger partial charge is 0.361 e. The number of carbonyl (C=O) groups excluding carboxylic acids is 2. The number of ether oxygens (including phenoxy) is 4. The van der Waals surface area contributed by atoms with Gasteiger partial charge in [-0.25, -0.2) is 4.79 Å². The van der Waals surface area contributed by atoms with E-state index in [9.17, 15) is 19.5 Å². The third-order valence-electron chi connectivity index (χ3n) is 15.8. The Kier molecular flexibility index (Phi) is 62.6. The maximum Gasteiger partial charge on any atom is 0.361 e. The van der Waals surface area contributed by atoms with E-state index in [1.54, 1.807) is 0 Å². The molecule has 0 fully saturated rings. The molecule has 0 radical (unpaired) electrons. The second-order valence-electron chi connectivity index (χ2n) is 25.2. The van der Waals surface area contributed by atoms with Crippen LogP contribution in [-0.4, -0.2) is 87.4 Å². The zero-order chi connectivity index (χ0) is 60.5. The monoisotopic (exact) mass is 1170 g/mol. The summed E-state index contributed by atoms with van der Waals surface area (Å²) < 4.78 is 23.0. The van der Waals surface area contributed by atoms with Crippen LogP contribution in [0.3, 0.4) is 0 Å². The van der Waals surface area contributed by atoms with Gasteiger partial charge in [0.25, 0.3) is 6.29 Å². The van der Waals surface area contributed by atoms with E-state index in [-0.39, 0.29) is 38.2 Å². The van der Waals surface area contributed by atoms with Crippen LogP contribution in [0.2, 0.25) is 0 Å². The lowest BCUT2D eigenvalue weighted by molar-refractivity contribution is -0.870. The number of likely N-dealkylation sites (N-methyl/N-ethyl adjacent to an activating group) is 1. The Morgan fingerprint density at radius 3 is 1.02 bits per heavy atom. The molecule has 0 amide bonds. The van der Waals surface area contributed by atoms with Crippen LogP contribution in [-0.2, 0) is 33.3 Å². The van der Waals surface area contributed by atoms with Gasteiger partial charge >= 0.3 is 17.9 Å². The van der Waals surface area contributed by atoms with Crippen molar-refractivity contribution in [1.82, 2.24) is 0 Å². The van der Waals surface area contributed by atoms with Crippen LogP contribution in [0.5, 0.6) is 0 Å². The molecule has 9 heteroatoms. The van der Waals surface area contributed by atoms with Crippen molar-refractivity contribution in [2.24, 2.45) is 0 Å². The highest BCUT2D eigenvalue weighted by Crippen LogP contribution is 2.19. The third kappa shape index (κ3) is 66.4. The number of quaternary nitrogens is 1. The van der Waals surface area contributed by atoms with Gasteiger partial charge in [0.2, 0.25) is 0 Å². The Labute approximate surface area is 514 Å². The zero-order valence-corrected chi connectivity index (χ0v) is 55.4. The number of esters is 2. The Bertz CT molecular complexity index is 1550. The van der Waals surface area contributed by atoms with Crippen molar-refractivity contribution in [2.45, 2.75) is 347 Å². The molecule has 0 aliphatic carbocycles. The van der Waals surface area contributed by atoms with E-state index in [1.165, 1.54) is 238 Å². The van der Waals surface area contributed by atoms with Crippen molar-refractivity contribution >= 4 is 17.9 Å². The number of allylic oxidation sites excluding steroid dienone is 10. The van der Waals surface area contributed by atoms with Gasteiger partial charge in [0.15, 0.2) is 6.10 Å². The molecule has 2 atom stereocenters. The summed E-state index contributed by atoms with van der Waals surface area (Å²) in [6.07, 6.45) is 82.1. The highest BCUT2D eigenvalue weighted by Gasteiger charge is 2.25. The molecule has 9 nitrogen and oxygen atoms in total. The van der Waals surface area contributed by atoms with Crippen LogP contribution < -0.4 is 0 Å². The van der Waals surface area contributed by atoms with Crippen molar-refractivity contribution in [1.29, 1.82) is 0 Å². The number of carbonyl (C=O) groups is 3. The second-order valence-corrected chi connectivity index (χ2v) is 25.2. The average Bonchev–Trinajstić information content (AvgIpc) is 3.46. The summed E-state index contributed by atoms with van der Waals surface area (Å²) in [7, 11) is 5.99. The zero-order valence-electron chi connectivity index (χ0n) is 55.4. The lowest BCUT2D eigenvalue weighted by Crippen LogP contribution is -2.40. The number of hydrogen-bond donors (Lipinski definition) is 1. The SMILES string of the molecule is CC/C=C\C/C=C\C/C=C\C/C=C\C/C=C\CCCCCCCCCCCCCCCCCCCCCCCCCCCC(=O)OC(COC(=O)CCCCCCCCCCCCCCCCCCC)COC(OCC[N+](C)(C)C)C(=O)O. The Balaban J connectivity index is 3.93. The predicted octanol–water partition coefficient (Wildman–Crippen LogP) is 21.9. The first-order valence-electron chi connectivity index (χ1n) is 35.5. The van der Waals surface area contributed by atoms with Gasteiger partial charge < -0.3 is 28.5 Å². The normalized spacial score (nSPS) is 13.0. The maximum absolute atomic E-state index is 12.9. The minimum Gasteiger partial charge on any atom is -0.477 e. The van der Waals surface area contributed by atoms with Crippen LogP contribution >= 0.6 is 0 Å². The number of unbranched alkanes of at least 4 members (excludes halogenated alkanes) is 41. The molecule has 0 bridgehead atoms. The summed E-state index contributed by atoms with van der Waals surface area (Å²) in [4.78, 5) is 37.5. The minimum absolute atomic E-state index is 0.176. The summed E-state index contributed by atoms with van der Waals surface area (Å²) in [6.45, 7) is 4.82. The predicted molar refractivity (Wildman–Crippen MR) is 355 cm³/mol. The second kappa shape index (κ2) is 65.0. The molecule has 1 N–H and O–H groups in total. The molecule has 2 unspecified atom stereocenters. The molecule has 484 valence electrons. The molecular weight excluding hydrogens is 1030 g/mol. The molecule has 0 rings (SSSR count). The van der Waals surface area contributed by atoms with E-state index in [0.717, 1.165) is 70.6 Å². The summed E-state index contributed by atoms with van der Waals surface area (Å²) in [6, 6.07) is 0. The van der Waals surface area contributed by atoms with Crippen molar-refractivity contribution in [3.8, 4) is 0 Å². The van der Waals surface area contributed by atoms with Gasteiger partial charge in [-0.1, -0.05) is 325 Å². The lowest BCUT2D eigenvalue weighted by Gasteiger charge is -2.25. The van der Waals surface area contributed by atoms with Crippen LogP contribution in [0.15, 0.2) is 60.8 Å². The van der Waals surface area contributed by atoms with Crippen LogP contribution in [0.4, 0.5) is 0 Å². The lowest BCUT2D eigenvalue weighted by atomic mass is 10.0. The number of aliphatic carboxylic acids is 1. The van der Waals surface area contributed by atoms with Gasteiger partial charge in [0.1, 0.15) is 13.2 Å². The molecule has 0 aromatic heterocycles. The van der Waals surface area contributed by atoms with E-state index >= 15 is 0 Å². The van der Waals surface area contributed by atoms with E-state index in [2.05, 4.69) is 74.6 Å². The first-order valence-corrected chi connectivity index (χ1v) is 35.5. The van der Waals surface area contributed by atoms with E-state index in [0.29, 0.717) is 17.4 Å². The van der Waals surface area contributed by atoms with E-state index < -0.39 is 18.4 Å². The summed E-state index contributed by atoms with van der Waals surface area (Å²) >= 11 is 0. The van der Waals surface area contributed by atoms with Crippen molar-refractivity contribution in [2.75, 3.05) is 47.5 Å². The van der Waals surface area contributed by atoms with Gasteiger partial charge in [-0.3, -0.25) is 9.59 Å². The fraction of sp³-hybridized carbons (Fsp3) is 0.824. The van der Waals surface area contributed by atoms with Crippen LogP contribution in [0.1, 0.15) is 335 Å². The van der Waals surface area contributed by atoms with E-state index in [1.807, 2.05) is 21.1 Å². The molecular formula is C74H136NO8+. The van der Waals surface area contributed by atoms with Crippen LogP contribution in [0, 0.1) is 0 Å². The number of carboxylic acids is 1. The summed E-state index contributed by atoms with van der Waals surface area (Å²) in [5, 5.41) is 9.73. The fourth-order valence-corrected chi connectivity index (χ4v) is 10.4. The van der Waals surface area contributed by atoms with Crippen molar-refractivity contribution in [3.63, 3.8) is 0 Å². The van der Waals surface area contributed by atoms with Gasteiger partial charge in [0.05, 0.1) is 34.4 Å². The fourth-order valence-electron chi connectivity index (χ4n) is 10.4. The van der Waals surface area contributed by atoms with Gasteiger partial charge in [-0.05, 0) is 57.8 Å². The van der Waals surface area contributed by atoms with Crippen LogP contribution in [0.25, 0.3) is 0 Å². The first-order chi connectivity index (χ1) is 40.6. The Morgan fingerprint density at radius 2 is 0.687 bits per heavy atom. The topological polar surface area (TPSA) is 108 Å². The van der Waals surface area contributed by atoms with Gasteiger partial charge in [-0.2, -0.15) is 0 Å². The molecule has 0 saturated heterocycles. The molecule has 0 aliphatic heterocycles. The molecule has 0 aliphatic rings. The molecule has 0 saturated carbocycles. The van der Waals surface area contributed by atoms with Crippen molar-refractivity contribution in [3.05, 3.63) is 60.8 Å². The number of carboxylic acid groups (broad SMARTS) is 1. The third-order valence-corrected chi connectivity index (χ3v) is 15.8. The summed E-state index contributed by atoms with van der Waals surface area (Å²) in [5.74, 6) is -1.98. The maximum atomic E-state index is 12.9. The molecule has 0 spiro atoms. The highest BCUT2D eigenvalue weighted by atomic mass is 16.7. The molecule has 0 heterocycles. The largest absolute Gasteiger partial charge is 0.477 e. The number of hydrogen-bond acceptors (Lipinski definition) is 7. The quantitative estimate of drug-likeness (QED) is 0.0211. The Hall–Kier alpha value is -3.01. The minimum atomic E-state index is -1.51. The highest BCUT2D eigenvalue weighted by molar-refractivity contribution is 5.71. The van der Waals surface area contributed by atoms with Gasteiger partial charge in [-0.15, -0.1) is 0 Å². The van der Waals surface area contributed by atoms with Gasteiger partial charge in [0, 0.05) is 12.8 Å². The summed E-state index contributed by atoms with van der Waals surface area (Å²) in [5.41, 5.74) is 0. The number of nitrogens with zero attached hydrogens (tertiary/aromatic N) is 1. The molecule has 0 aromatic carbocycles. The number of rotatable bonds is 66. The molecule has 83 heavy (non-hydrogen) atoms. The first kappa shape index (κ1) is 80.0. The van der Waals surface area contributed by atoms with E-state index in [4.69, 9.17) is 18.9 Å². The van der Waals surface area contributed by atoms with Crippen molar-refractivity contribution < 1.29 is 42.9 Å². The standard InChI is InChI=1S/C74H135NO8/c1-6-8-10-12-14-16-18-20-22-24-25-26-27-28-29-30-31-32-33-34-35-36-37-38-39-40-41-42-43-44-45-46-47-49-51-53-55-57-59-61-63-65-72(77)83-70(69-82-74(73(78)79)80-67-66-75(3,4)5)68-81-71(76)64-62-60-58-56-54-52-50-48-23-21-19-17-15-13-11-9-7-2/h8,10,14,16,20,22,25-26,28-29,70,74H,6-7,9,11-13,15,17-19,21,23-24,27,30-69H2,1-5H3/p+1/b10-8-,16-14-,22-20-,26-25-,29-28-. The average molecular weight is 1170 g/mol. The molecule has 0 aromatic rings. The Morgan fingerprint density at radius 1 is 0.373 bits per heavy atom.